The van der Waals surface area contributed by atoms with Crippen molar-refractivity contribution < 1.29 is 0 Å². The lowest BCUT2D eigenvalue weighted by Gasteiger charge is -2.06. The summed E-state index contributed by atoms with van der Waals surface area (Å²) in [6.07, 6.45) is 8.14. The lowest BCUT2D eigenvalue weighted by atomic mass is 10.1. The first-order chi connectivity index (χ1) is 9.31. The van der Waals surface area contributed by atoms with Gasteiger partial charge in [-0.1, -0.05) is 50.0 Å². The van der Waals surface area contributed by atoms with Gasteiger partial charge < -0.3 is 5.73 Å². The summed E-state index contributed by atoms with van der Waals surface area (Å²) in [4.78, 5) is 0. The molecule has 2 aromatic rings. The third kappa shape index (κ3) is 3.81. The molecule has 4 heteroatoms. The minimum absolute atomic E-state index is 0.780. The molecule has 1 heterocycles. The molecule has 19 heavy (non-hydrogen) atoms. The fourth-order valence-electron chi connectivity index (χ4n) is 2.17. The van der Waals surface area contributed by atoms with Crippen LogP contribution in [0.25, 0.3) is 11.3 Å². The average molecular weight is 258 g/mol. The van der Waals surface area contributed by atoms with Crippen LogP contribution in [0, 0.1) is 0 Å². The summed E-state index contributed by atoms with van der Waals surface area (Å²) in [6.45, 7) is 3.17. The molecule has 0 bridgehead atoms. The van der Waals surface area contributed by atoms with Gasteiger partial charge in [0.15, 0.2) is 0 Å². The minimum atomic E-state index is 0.780. The minimum Gasteiger partial charge on any atom is -0.399 e. The second-order valence-corrected chi connectivity index (χ2v) is 4.88. The zero-order chi connectivity index (χ0) is 13.5. The third-order valence-electron chi connectivity index (χ3n) is 3.30. The van der Waals surface area contributed by atoms with Crippen molar-refractivity contribution in [2.75, 3.05) is 5.73 Å². The van der Waals surface area contributed by atoms with Gasteiger partial charge in [0, 0.05) is 17.8 Å². The summed E-state index contributed by atoms with van der Waals surface area (Å²) in [5.74, 6) is 0. The van der Waals surface area contributed by atoms with Crippen LogP contribution in [0.4, 0.5) is 5.69 Å². The van der Waals surface area contributed by atoms with Crippen LogP contribution in [0.5, 0.6) is 0 Å². The first kappa shape index (κ1) is 13.6. The number of rotatable bonds is 7. The summed E-state index contributed by atoms with van der Waals surface area (Å²) in [7, 11) is 0. The van der Waals surface area contributed by atoms with Gasteiger partial charge in [0.1, 0.15) is 0 Å². The number of aryl methyl sites for hydroxylation is 1. The maximum atomic E-state index is 5.71. The number of aromatic nitrogens is 3. The van der Waals surface area contributed by atoms with Gasteiger partial charge in [0.05, 0.1) is 11.9 Å². The average Bonchev–Trinajstić information content (AvgIpc) is 2.88. The largest absolute Gasteiger partial charge is 0.399 e. The molecule has 1 aromatic heterocycles. The molecule has 2 rings (SSSR count). The van der Waals surface area contributed by atoms with Crippen LogP contribution in [-0.2, 0) is 6.54 Å². The third-order valence-corrected chi connectivity index (χ3v) is 3.30. The van der Waals surface area contributed by atoms with Crippen LogP contribution in [0.2, 0.25) is 0 Å². The van der Waals surface area contributed by atoms with Gasteiger partial charge >= 0.3 is 0 Å². The van der Waals surface area contributed by atoms with Gasteiger partial charge in [-0.05, 0) is 18.6 Å². The Balaban J connectivity index is 1.96. The van der Waals surface area contributed by atoms with Crippen molar-refractivity contribution in [3.05, 3.63) is 30.5 Å². The number of hydrogen-bond donors (Lipinski definition) is 1. The van der Waals surface area contributed by atoms with Crippen LogP contribution in [-0.4, -0.2) is 15.0 Å². The molecule has 2 N–H and O–H groups in total. The maximum absolute atomic E-state index is 5.71. The molecule has 102 valence electrons. The van der Waals surface area contributed by atoms with Crippen molar-refractivity contribution in [3.8, 4) is 11.3 Å². The van der Waals surface area contributed by atoms with E-state index in [-0.39, 0.29) is 0 Å². The Labute approximate surface area is 114 Å². The number of hydrogen-bond acceptors (Lipinski definition) is 3. The van der Waals surface area contributed by atoms with E-state index in [1.165, 1.54) is 25.7 Å². The van der Waals surface area contributed by atoms with E-state index in [1.807, 2.05) is 35.1 Å². The maximum Gasteiger partial charge on any atom is 0.0885 e. The summed E-state index contributed by atoms with van der Waals surface area (Å²) >= 11 is 0. The summed E-state index contributed by atoms with van der Waals surface area (Å²) in [5.41, 5.74) is 8.67. The van der Waals surface area contributed by atoms with Gasteiger partial charge in [-0.15, -0.1) is 5.10 Å². The molecule has 0 unspecified atom stereocenters. The summed E-state index contributed by atoms with van der Waals surface area (Å²) in [5, 5.41) is 8.19. The molecule has 0 spiro atoms. The molecule has 4 nitrogen and oxygen atoms in total. The topological polar surface area (TPSA) is 56.7 Å². The number of nitrogens with two attached hydrogens (primary N) is 1. The number of benzene rings is 1. The standard InChI is InChI=1S/C15H22N4/c1-2-3-4-5-6-11-19-15(12-17-18-19)13-7-9-14(16)10-8-13/h7-10,12H,2-6,11,16H2,1H3. The number of unbranched alkanes of at least 4 members (excludes halogenated alkanes) is 4. The second kappa shape index (κ2) is 6.92. The van der Waals surface area contributed by atoms with Crippen molar-refractivity contribution in [1.82, 2.24) is 15.0 Å². The van der Waals surface area contributed by atoms with Crippen LogP contribution >= 0.6 is 0 Å². The van der Waals surface area contributed by atoms with Gasteiger partial charge in [0.25, 0.3) is 0 Å². The van der Waals surface area contributed by atoms with E-state index < -0.39 is 0 Å². The fourth-order valence-corrected chi connectivity index (χ4v) is 2.17. The van der Waals surface area contributed by atoms with E-state index in [2.05, 4.69) is 17.2 Å². The molecular formula is C15H22N4. The van der Waals surface area contributed by atoms with E-state index in [0.29, 0.717) is 0 Å². The number of nitrogens with zero attached hydrogens (tertiary/aromatic N) is 3. The molecule has 0 aliphatic heterocycles. The van der Waals surface area contributed by atoms with Gasteiger partial charge in [-0.25, -0.2) is 4.68 Å². The Kier molecular flexibility index (Phi) is 4.95. The normalized spacial score (nSPS) is 10.8. The predicted octanol–water partition coefficient (Wildman–Crippen LogP) is 3.50. The van der Waals surface area contributed by atoms with Gasteiger partial charge in [-0.3, -0.25) is 0 Å². The van der Waals surface area contributed by atoms with E-state index in [9.17, 15) is 0 Å². The first-order valence-corrected chi connectivity index (χ1v) is 7.05. The quantitative estimate of drug-likeness (QED) is 0.611. The predicted molar refractivity (Wildman–Crippen MR) is 78.6 cm³/mol. The smallest absolute Gasteiger partial charge is 0.0885 e. The fraction of sp³-hybridized carbons (Fsp3) is 0.467. The van der Waals surface area contributed by atoms with Crippen molar-refractivity contribution in [1.29, 1.82) is 0 Å². The van der Waals surface area contributed by atoms with E-state index in [4.69, 9.17) is 5.73 Å². The van der Waals surface area contributed by atoms with Crippen molar-refractivity contribution >= 4 is 5.69 Å². The second-order valence-electron chi connectivity index (χ2n) is 4.88. The molecule has 0 aliphatic rings. The lowest BCUT2D eigenvalue weighted by molar-refractivity contribution is 0.524. The molecule has 0 amide bonds. The molecule has 0 fully saturated rings. The number of anilines is 1. The highest BCUT2D eigenvalue weighted by atomic mass is 15.4. The summed E-state index contributed by atoms with van der Waals surface area (Å²) < 4.78 is 1.98. The SMILES string of the molecule is CCCCCCCn1nncc1-c1ccc(N)cc1. The molecule has 1 aromatic carbocycles. The van der Waals surface area contributed by atoms with Crippen LogP contribution in [0.15, 0.2) is 30.5 Å². The van der Waals surface area contributed by atoms with Gasteiger partial charge in [0.2, 0.25) is 0 Å². The Morgan fingerprint density at radius 2 is 1.79 bits per heavy atom. The molecule has 0 radical (unpaired) electrons. The van der Waals surface area contributed by atoms with Gasteiger partial charge in [-0.2, -0.15) is 0 Å². The van der Waals surface area contributed by atoms with Crippen LogP contribution in [0.1, 0.15) is 39.0 Å². The van der Waals surface area contributed by atoms with Crippen molar-refractivity contribution in [2.45, 2.75) is 45.6 Å². The Morgan fingerprint density at radius 3 is 2.53 bits per heavy atom. The highest BCUT2D eigenvalue weighted by Gasteiger charge is 2.06. The molecule has 0 saturated heterocycles. The monoisotopic (exact) mass is 258 g/mol. The highest BCUT2D eigenvalue weighted by molar-refractivity contribution is 5.61. The van der Waals surface area contributed by atoms with Crippen molar-refractivity contribution in [2.24, 2.45) is 0 Å². The van der Waals surface area contributed by atoms with E-state index in [0.717, 1.165) is 29.9 Å². The Morgan fingerprint density at radius 1 is 1.05 bits per heavy atom. The highest BCUT2D eigenvalue weighted by Crippen LogP contribution is 2.19. The molecular weight excluding hydrogens is 236 g/mol. The zero-order valence-electron chi connectivity index (χ0n) is 11.5. The van der Waals surface area contributed by atoms with Crippen molar-refractivity contribution in [3.63, 3.8) is 0 Å². The van der Waals surface area contributed by atoms with Crippen LogP contribution < -0.4 is 5.73 Å². The zero-order valence-corrected chi connectivity index (χ0v) is 11.5. The molecule has 0 atom stereocenters. The lowest BCUT2D eigenvalue weighted by Crippen LogP contribution is -2.02. The Bertz CT molecular complexity index is 487. The molecule has 0 saturated carbocycles. The molecule has 0 aliphatic carbocycles. The first-order valence-electron chi connectivity index (χ1n) is 7.05. The van der Waals surface area contributed by atoms with E-state index in [1.54, 1.807) is 0 Å². The summed E-state index contributed by atoms with van der Waals surface area (Å²) in [6, 6.07) is 7.85. The van der Waals surface area contributed by atoms with E-state index >= 15 is 0 Å². The van der Waals surface area contributed by atoms with Crippen LogP contribution in [0.3, 0.4) is 0 Å². The number of nitrogen functional groups attached to an aromatic ring is 1. The Hall–Kier alpha value is -1.84.